The molecule has 0 aliphatic heterocycles. The zero-order valence-corrected chi connectivity index (χ0v) is 10.3. The number of rotatable bonds is 2. The first-order chi connectivity index (χ1) is 9.22. The highest BCUT2D eigenvalue weighted by molar-refractivity contribution is 5.91. The van der Waals surface area contributed by atoms with Crippen molar-refractivity contribution in [2.75, 3.05) is 0 Å². The van der Waals surface area contributed by atoms with E-state index in [9.17, 15) is 4.79 Å². The van der Waals surface area contributed by atoms with E-state index in [2.05, 4.69) is 4.98 Å². The smallest absolute Gasteiger partial charge is 0.343 e. The summed E-state index contributed by atoms with van der Waals surface area (Å²) in [5.74, 6) is 0.0689. The Bertz CT molecular complexity index is 746. The molecule has 0 atom stereocenters. The lowest BCUT2D eigenvalue weighted by Gasteiger charge is -2.04. The third-order valence-corrected chi connectivity index (χ3v) is 2.77. The molecule has 2 aromatic carbocycles. The van der Waals surface area contributed by atoms with Crippen molar-refractivity contribution in [2.45, 2.75) is 6.92 Å². The first-order valence-electron chi connectivity index (χ1n) is 5.84. The van der Waals surface area contributed by atoms with E-state index in [0.29, 0.717) is 22.4 Å². The van der Waals surface area contributed by atoms with E-state index in [1.54, 1.807) is 30.3 Å². The summed E-state index contributed by atoms with van der Waals surface area (Å²) in [4.78, 5) is 16.0. The van der Waals surface area contributed by atoms with Crippen LogP contribution in [0.1, 0.15) is 15.9 Å². The summed E-state index contributed by atoms with van der Waals surface area (Å²) in [6.07, 6.45) is 1.36. The van der Waals surface area contributed by atoms with Crippen molar-refractivity contribution in [3.05, 3.63) is 60.0 Å². The maximum atomic E-state index is 12.0. The predicted molar refractivity (Wildman–Crippen MR) is 70.1 cm³/mol. The number of benzene rings is 2. The first kappa shape index (κ1) is 11.5. The number of aryl methyl sites for hydroxylation is 1. The lowest BCUT2D eigenvalue weighted by molar-refractivity contribution is 0.0735. The molecule has 19 heavy (non-hydrogen) atoms. The SMILES string of the molecule is Cc1cccc(C(=O)Oc2ccc3ocnc3c2)c1. The summed E-state index contributed by atoms with van der Waals surface area (Å²) >= 11 is 0. The molecule has 0 aliphatic carbocycles. The Kier molecular flexibility index (Phi) is 2.76. The van der Waals surface area contributed by atoms with E-state index in [4.69, 9.17) is 9.15 Å². The quantitative estimate of drug-likeness (QED) is 0.519. The molecule has 0 fully saturated rings. The molecule has 4 nitrogen and oxygen atoms in total. The van der Waals surface area contributed by atoms with E-state index in [1.165, 1.54) is 6.39 Å². The van der Waals surface area contributed by atoms with Crippen LogP contribution in [0.3, 0.4) is 0 Å². The lowest BCUT2D eigenvalue weighted by atomic mass is 10.1. The van der Waals surface area contributed by atoms with Crippen molar-refractivity contribution in [2.24, 2.45) is 0 Å². The number of fused-ring (bicyclic) bond motifs is 1. The van der Waals surface area contributed by atoms with Crippen LogP contribution < -0.4 is 4.74 Å². The minimum Gasteiger partial charge on any atom is -0.443 e. The molecule has 0 saturated carbocycles. The van der Waals surface area contributed by atoms with E-state index in [1.807, 2.05) is 19.1 Å². The Hall–Kier alpha value is -2.62. The van der Waals surface area contributed by atoms with Crippen molar-refractivity contribution in [3.63, 3.8) is 0 Å². The molecular formula is C15H11NO3. The maximum Gasteiger partial charge on any atom is 0.343 e. The molecule has 0 aliphatic rings. The number of esters is 1. The molecule has 0 amide bonds. The van der Waals surface area contributed by atoms with Crippen LogP contribution in [0.5, 0.6) is 5.75 Å². The van der Waals surface area contributed by atoms with Gasteiger partial charge in [-0.25, -0.2) is 9.78 Å². The minimum absolute atomic E-state index is 0.383. The van der Waals surface area contributed by atoms with Gasteiger partial charge in [-0.2, -0.15) is 0 Å². The van der Waals surface area contributed by atoms with Crippen LogP contribution >= 0.6 is 0 Å². The molecule has 0 bridgehead atoms. The lowest BCUT2D eigenvalue weighted by Crippen LogP contribution is -2.08. The number of carbonyl (C=O) groups excluding carboxylic acids is 1. The van der Waals surface area contributed by atoms with Gasteiger partial charge in [0.25, 0.3) is 0 Å². The number of hydrogen-bond donors (Lipinski definition) is 0. The zero-order chi connectivity index (χ0) is 13.2. The van der Waals surface area contributed by atoms with Gasteiger partial charge in [-0.1, -0.05) is 17.7 Å². The molecule has 0 radical (unpaired) electrons. The largest absolute Gasteiger partial charge is 0.443 e. The van der Waals surface area contributed by atoms with Crippen LogP contribution in [0, 0.1) is 6.92 Å². The zero-order valence-electron chi connectivity index (χ0n) is 10.3. The Morgan fingerprint density at radius 3 is 2.95 bits per heavy atom. The van der Waals surface area contributed by atoms with Gasteiger partial charge >= 0.3 is 5.97 Å². The van der Waals surface area contributed by atoms with Crippen LogP contribution in [-0.2, 0) is 0 Å². The second-order valence-electron chi connectivity index (χ2n) is 4.24. The number of carbonyl (C=O) groups is 1. The molecule has 0 spiro atoms. The van der Waals surface area contributed by atoms with Gasteiger partial charge in [0.1, 0.15) is 11.3 Å². The van der Waals surface area contributed by atoms with Gasteiger partial charge in [-0.3, -0.25) is 0 Å². The van der Waals surface area contributed by atoms with Crippen molar-refractivity contribution < 1.29 is 13.9 Å². The topological polar surface area (TPSA) is 52.3 Å². The van der Waals surface area contributed by atoms with Gasteiger partial charge in [0, 0.05) is 6.07 Å². The fourth-order valence-corrected chi connectivity index (χ4v) is 1.84. The minimum atomic E-state index is -0.383. The van der Waals surface area contributed by atoms with E-state index >= 15 is 0 Å². The van der Waals surface area contributed by atoms with Gasteiger partial charge in [0.05, 0.1) is 5.56 Å². The van der Waals surface area contributed by atoms with Crippen LogP contribution in [0.25, 0.3) is 11.1 Å². The summed E-state index contributed by atoms with van der Waals surface area (Å²) in [6.45, 7) is 1.93. The highest BCUT2D eigenvalue weighted by Crippen LogP contribution is 2.20. The van der Waals surface area contributed by atoms with Crippen molar-refractivity contribution >= 4 is 17.1 Å². The Morgan fingerprint density at radius 2 is 2.11 bits per heavy atom. The summed E-state index contributed by atoms with van der Waals surface area (Å²) in [5.41, 5.74) is 2.87. The number of ether oxygens (including phenoxy) is 1. The summed E-state index contributed by atoms with van der Waals surface area (Å²) < 4.78 is 10.4. The Balaban J connectivity index is 1.86. The summed E-state index contributed by atoms with van der Waals surface area (Å²) in [7, 11) is 0. The summed E-state index contributed by atoms with van der Waals surface area (Å²) in [6, 6.07) is 12.3. The third kappa shape index (κ3) is 2.33. The van der Waals surface area contributed by atoms with Crippen molar-refractivity contribution in [1.82, 2.24) is 4.98 Å². The fourth-order valence-electron chi connectivity index (χ4n) is 1.84. The van der Waals surface area contributed by atoms with Crippen molar-refractivity contribution in [1.29, 1.82) is 0 Å². The average Bonchev–Trinajstić information content (AvgIpc) is 2.86. The molecule has 3 aromatic rings. The Morgan fingerprint density at radius 1 is 1.21 bits per heavy atom. The van der Waals surface area contributed by atoms with Crippen LogP contribution in [0.4, 0.5) is 0 Å². The molecule has 0 saturated heterocycles. The second kappa shape index (κ2) is 4.57. The fraction of sp³-hybridized carbons (Fsp3) is 0.0667. The first-order valence-corrected chi connectivity index (χ1v) is 5.84. The van der Waals surface area contributed by atoms with Gasteiger partial charge < -0.3 is 9.15 Å². The van der Waals surface area contributed by atoms with Gasteiger partial charge in [0.2, 0.25) is 0 Å². The Labute approximate surface area is 109 Å². The number of aromatic nitrogens is 1. The van der Waals surface area contributed by atoms with Gasteiger partial charge in [-0.05, 0) is 31.2 Å². The number of hydrogen-bond acceptors (Lipinski definition) is 4. The standard InChI is InChI=1S/C15H11NO3/c1-10-3-2-4-11(7-10)15(17)19-12-5-6-14-13(8-12)16-9-18-14/h2-9H,1H3. The molecule has 94 valence electrons. The molecule has 1 aromatic heterocycles. The molecule has 1 heterocycles. The highest BCUT2D eigenvalue weighted by atomic mass is 16.5. The second-order valence-corrected chi connectivity index (χ2v) is 4.24. The van der Waals surface area contributed by atoms with Gasteiger partial charge in [0.15, 0.2) is 12.0 Å². The van der Waals surface area contributed by atoms with Crippen LogP contribution in [-0.4, -0.2) is 11.0 Å². The highest BCUT2D eigenvalue weighted by Gasteiger charge is 2.09. The van der Waals surface area contributed by atoms with Crippen molar-refractivity contribution in [3.8, 4) is 5.75 Å². The van der Waals surface area contributed by atoms with E-state index < -0.39 is 0 Å². The third-order valence-electron chi connectivity index (χ3n) is 2.77. The number of nitrogens with zero attached hydrogens (tertiary/aromatic N) is 1. The molecule has 0 N–H and O–H groups in total. The number of oxazole rings is 1. The molecule has 3 rings (SSSR count). The monoisotopic (exact) mass is 253 g/mol. The van der Waals surface area contributed by atoms with Crippen LogP contribution in [0.15, 0.2) is 53.3 Å². The predicted octanol–water partition coefficient (Wildman–Crippen LogP) is 3.36. The summed E-state index contributed by atoms with van der Waals surface area (Å²) in [5, 5.41) is 0. The van der Waals surface area contributed by atoms with E-state index in [-0.39, 0.29) is 5.97 Å². The average molecular weight is 253 g/mol. The van der Waals surface area contributed by atoms with Gasteiger partial charge in [-0.15, -0.1) is 0 Å². The van der Waals surface area contributed by atoms with E-state index in [0.717, 1.165) is 5.56 Å². The molecule has 4 heteroatoms. The molecule has 0 unspecified atom stereocenters. The molecular weight excluding hydrogens is 242 g/mol. The van der Waals surface area contributed by atoms with Crippen LogP contribution in [0.2, 0.25) is 0 Å². The normalized spacial score (nSPS) is 10.6. The maximum absolute atomic E-state index is 12.0.